The van der Waals surface area contributed by atoms with Gasteiger partial charge in [0.05, 0.1) is 0 Å². The molecule has 1 atom stereocenters. The van der Waals surface area contributed by atoms with Gasteiger partial charge in [0.2, 0.25) is 0 Å². The van der Waals surface area contributed by atoms with Crippen molar-refractivity contribution in [1.29, 1.82) is 0 Å². The van der Waals surface area contributed by atoms with Crippen molar-refractivity contribution in [3.05, 3.63) is 17.8 Å². The number of carbonyl (C=O) groups excluding carboxylic acids is 1. The predicted octanol–water partition coefficient (Wildman–Crippen LogP) is 1.27. The van der Waals surface area contributed by atoms with Gasteiger partial charge in [-0.1, -0.05) is 20.8 Å². The van der Waals surface area contributed by atoms with Crippen LogP contribution in [0.3, 0.4) is 0 Å². The Morgan fingerprint density at radius 3 is 2.63 bits per heavy atom. The molecule has 1 fully saturated rings. The number of nitrogen functional groups attached to an aromatic ring is 1. The molecule has 0 radical (unpaired) electrons. The summed E-state index contributed by atoms with van der Waals surface area (Å²) in [5.41, 5.74) is 2.99. The fourth-order valence-electron chi connectivity index (χ4n) is 2.34. The van der Waals surface area contributed by atoms with Gasteiger partial charge in [0.25, 0.3) is 5.91 Å². The summed E-state index contributed by atoms with van der Waals surface area (Å²) < 4.78 is 0. The molecule has 1 aliphatic rings. The number of aromatic nitrogens is 2. The molecule has 0 spiro atoms. The van der Waals surface area contributed by atoms with Gasteiger partial charge in [0.1, 0.15) is 0 Å². The molecule has 6 heteroatoms. The summed E-state index contributed by atoms with van der Waals surface area (Å²) in [6.07, 6.45) is 1.05. The fourth-order valence-corrected chi connectivity index (χ4v) is 2.34. The Morgan fingerprint density at radius 2 is 2.16 bits per heavy atom. The largest absolute Gasteiger partial charge is 0.337 e. The van der Waals surface area contributed by atoms with Gasteiger partial charge in [-0.25, -0.2) is 5.84 Å². The van der Waals surface area contributed by atoms with Gasteiger partial charge in [0, 0.05) is 13.1 Å². The zero-order chi connectivity index (χ0) is 14.0. The van der Waals surface area contributed by atoms with E-state index in [0.717, 1.165) is 19.5 Å². The maximum absolute atomic E-state index is 12.3. The van der Waals surface area contributed by atoms with Crippen molar-refractivity contribution < 1.29 is 4.79 Å². The molecule has 19 heavy (non-hydrogen) atoms. The van der Waals surface area contributed by atoms with E-state index >= 15 is 0 Å². The van der Waals surface area contributed by atoms with Crippen molar-refractivity contribution in [2.45, 2.75) is 27.2 Å². The predicted molar refractivity (Wildman–Crippen MR) is 73.3 cm³/mol. The van der Waals surface area contributed by atoms with Crippen LogP contribution in [0.5, 0.6) is 0 Å². The topological polar surface area (TPSA) is 84.1 Å². The van der Waals surface area contributed by atoms with Gasteiger partial charge in [-0.15, -0.1) is 10.2 Å². The van der Waals surface area contributed by atoms with Crippen molar-refractivity contribution >= 4 is 11.7 Å². The molecule has 0 saturated carbocycles. The van der Waals surface area contributed by atoms with E-state index in [1.165, 1.54) is 0 Å². The van der Waals surface area contributed by atoms with Crippen LogP contribution in [-0.4, -0.2) is 34.1 Å². The van der Waals surface area contributed by atoms with Gasteiger partial charge < -0.3 is 10.3 Å². The minimum atomic E-state index is -0.0529. The number of hydrazine groups is 1. The highest BCUT2D eigenvalue weighted by Crippen LogP contribution is 2.33. The number of nitrogens with zero attached hydrogens (tertiary/aromatic N) is 3. The first-order chi connectivity index (χ1) is 8.91. The van der Waals surface area contributed by atoms with Gasteiger partial charge in [-0.05, 0) is 29.9 Å². The summed E-state index contributed by atoms with van der Waals surface area (Å²) in [5.74, 6) is 6.15. The first-order valence-electron chi connectivity index (χ1n) is 6.51. The van der Waals surface area contributed by atoms with Crippen LogP contribution in [0.1, 0.15) is 37.7 Å². The van der Waals surface area contributed by atoms with Crippen molar-refractivity contribution in [2.75, 3.05) is 18.5 Å². The van der Waals surface area contributed by atoms with E-state index in [-0.39, 0.29) is 11.3 Å². The van der Waals surface area contributed by atoms with Crippen LogP contribution in [0, 0.1) is 11.3 Å². The molecule has 0 aromatic carbocycles. The number of nitrogens with one attached hydrogen (secondary N) is 1. The number of amides is 1. The van der Waals surface area contributed by atoms with Crippen LogP contribution < -0.4 is 11.3 Å². The first kappa shape index (κ1) is 13.7. The first-order valence-corrected chi connectivity index (χ1v) is 6.51. The van der Waals surface area contributed by atoms with E-state index < -0.39 is 0 Å². The van der Waals surface area contributed by atoms with Crippen LogP contribution in [0.4, 0.5) is 5.82 Å². The summed E-state index contributed by atoms with van der Waals surface area (Å²) in [6, 6.07) is 3.30. The van der Waals surface area contributed by atoms with Crippen LogP contribution in [0.15, 0.2) is 12.1 Å². The monoisotopic (exact) mass is 263 g/mol. The molecule has 0 bridgehead atoms. The molecule has 2 rings (SSSR count). The number of carbonyl (C=O) groups is 1. The normalized spacial score (nSPS) is 19.6. The van der Waals surface area contributed by atoms with Crippen LogP contribution in [0.25, 0.3) is 0 Å². The van der Waals surface area contributed by atoms with Crippen molar-refractivity contribution in [3.63, 3.8) is 0 Å². The molecule has 6 nitrogen and oxygen atoms in total. The lowest BCUT2D eigenvalue weighted by Gasteiger charge is -2.26. The van der Waals surface area contributed by atoms with Crippen molar-refractivity contribution in [2.24, 2.45) is 17.2 Å². The Kier molecular flexibility index (Phi) is 3.71. The molecule has 1 amide bonds. The Labute approximate surface area is 113 Å². The lowest BCUT2D eigenvalue weighted by atomic mass is 9.80. The van der Waals surface area contributed by atoms with E-state index in [4.69, 9.17) is 5.84 Å². The smallest absolute Gasteiger partial charge is 0.274 e. The minimum absolute atomic E-state index is 0.0529. The third-order valence-electron chi connectivity index (χ3n) is 3.73. The third-order valence-corrected chi connectivity index (χ3v) is 3.73. The van der Waals surface area contributed by atoms with Gasteiger partial charge in [-0.3, -0.25) is 4.79 Å². The van der Waals surface area contributed by atoms with E-state index in [1.54, 1.807) is 12.1 Å². The molecule has 1 aliphatic heterocycles. The third kappa shape index (κ3) is 3.01. The molecule has 1 aromatic heterocycles. The van der Waals surface area contributed by atoms with Gasteiger partial charge in [-0.2, -0.15) is 0 Å². The Bertz CT molecular complexity index is 451. The van der Waals surface area contributed by atoms with E-state index in [9.17, 15) is 4.79 Å². The summed E-state index contributed by atoms with van der Waals surface area (Å²) in [6.45, 7) is 8.23. The number of anilines is 1. The van der Waals surface area contributed by atoms with Gasteiger partial charge in [0.15, 0.2) is 11.5 Å². The zero-order valence-electron chi connectivity index (χ0n) is 11.7. The number of hydrogen-bond acceptors (Lipinski definition) is 5. The summed E-state index contributed by atoms with van der Waals surface area (Å²) in [7, 11) is 0. The number of rotatable bonds is 2. The molecule has 3 N–H and O–H groups in total. The maximum atomic E-state index is 12.3. The molecule has 104 valence electrons. The Morgan fingerprint density at radius 1 is 1.42 bits per heavy atom. The molecule has 0 aliphatic carbocycles. The second kappa shape index (κ2) is 5.13. The lowest BCUT2D eigenvalue weighted by Crippen LogP contribution is -2.31. The minimum Gasteiger partial charge on any atom is -0.337 e. The van der Waals surface area contributed by atoms with Gasteiger partial charge >= 0.3 is 0 Å². The Balaban J connectivity index is 2.04. The standard InChI is InChI=1S/C13H21N5O/c1-13(2,3)9-6-7-18(8-9)12(19)10-4-5-11(15-14)17-16-10/h4-5,9H,6-8,14H2,1-3H3,(H,15,17). The van der Waals surface area contributed by atoms with Crippen molar-refractivity contribution in [3.8, 4) is 0 Å². The molecule has 2 heterocycles. The second-order valence-corrected chi connectivity index (χ2v) is 6.05. The van der Waals surface area contributed by atoms with Crippen LogP contribution in [-0.2, 0) is 0 Å². The molecule has 1 saturated heterocycles. The highest BCUT2D eigenvalue weighted by molar-refractivity contribution is 5.92. The summed E-state index contributed by atoms with van der Waals surface area (Å²) >= 11 is 0. The average Bonchev–Trinajstić information content (AvgIpc) is 2.87. The fraction of sp³-hybridized carbons (Fsp3) is 0.615. The quantitative estimate of drug-likeness (QED) is 0.620. The Hall–Kier alpha value is -1.69. The van der Waals surface area contributed by atoms with Crippen molar-refractivity contribution in [1.82, 2.24) is 15.1 Å². The zero-order valence-corrected chi connectivity index (χ0v) is 11.7. The lowest BCUT2D eigenvalue weighted by molar-refractivity contribution is 0.0769. The van der Waals surface area contributed by atoms with Crippen LogP contribution >= 0.6 is 0 Å². The number of hydrogen-bond donors (Lipinski definition) is 2. The average molecular weight is 263 g/mol. The van der Waals surface area contributed by atoms with E-state index in [0.29, 0.717) is 17.4 Å². The SMILES string of the molecule is CC(C)(C)C1CCN(C(=O)c2ccc(NN)nn2)C1. The highest BCUT2D eigenvalue weighted by Gasteiger charge is 2.34. The van der Waals surface area contributed by atoms with E-state index in [2.05, 4.69) is 36.4 Å². The maximum Gasteiger partial charge on any atom is 0.274 e. The summed E-state index contributed by atoms with van der Waals surface area (Å²) in [5, 5.41) is 7.72. The molecular weight excluding hydrogens is 242 g/mol. The number of nitrogens with two attached hydrogens (primary N) is 1. The van der Waals surface area contributed by atoms with Crippen LogP contribution in [0.2, 0.25) is 0 Å². The molecular formula is C13H21N5O. The molecule has 1 unspecified atom stereocenters. The number of likely N-dealkylation sites (tertiary alicyclic amines) is 1. The molecule has 1 aromatic rings. The summed E-state index contributed by atoms with van der Waals surface area (Å²) in [4.78, 5) is 14.1. The van der Waals surface area contributed by atoms with E-state index in [1.807, 2.05) is 4.90 Å². The second-order valence-electron chi connectivity index (χ2n) is 6.05. The highest BCUT2D eigenvalue weighted by atomic mass is 16.2.